The molecule has 3 aromatic carbocycles. The highest BCUT2D eigenvalue weighted by Gasteiger charge is 2.11. The molecule has 35 heavy (non-hydrogen) atoms. The normalized spacial score (nSPS) is 10.9. The Morgan fingerprint density at radius 1 is 1.00 bits per heavy atom. The molecule has 4 rings (SSSR count). The summed E-state index contributed by atoms with van der Waals surface area (Å²) in [7, 11) is 1.63. The van der Waals surface area contributed by atoms with Gasteiger partial charge in [-0.2, -0.15) is 0 Å². The lowest BCUT2D eigenvalue weighted by Crippen LogP contribution is -2.28. The van der Waals surface area contributed by atoms with Crippen molar-refractivity contribution in [3.8, 4) is 11.5 Å². The van der Waals surface area contributed by atoms with E-state index in [2.05, 4.69) is 35.9 Å². The number of hydrogen-bond acceptors (Lipinski definition) is 4. The summed E-state index contributed by atoms with van der Waals surface area (Å²) in [4.78, 5) is 17.3. The molecular formula is C29H33N3O3. The first-order chi connectivity index (χ1) is 17.0. The van der Waals surface area contributed by atoms with Crippen LogP contribution in [0.15, 0.2) is 66.7 Å². The second kappa shape index (κ2) is 11.6. The van der Waals surface area contributed by atoms with Crippen LogP contribution < -0.4 is 14.8 Å². The van der Waals surface area contributed by atoms with Crippen molar-refractivity contribution in [1.29, 1.82) is 0 Å². The molecule has 0 aliphatic carbocycles. The minimum Gasteiger partial charge on any atom is -0.497 e. The minimum atomic E-state index is -0.000229. The van der Waals surface area contributed by atoms with Crippen molar-refractivity contribution in [2.24, 2.45) is 0 Å². The number of hydrogen-bond donors (Lipinski definition) is 1. The number of nitrogens with zero attached hydrogens (tertiary/aromatic N) is 2. The Bertz CT molecular complexity index is 1280. The van der Waals surface area contributed by atoms with Crippen LogP contribution in [-0.2, 0) is 24.2 Å². The van der Waals surface area contributed by atoms with Crippen LogP contribution >= 0.6 is 0 Å². The number of carbonyl (C=O) groups excluding carboxylic acids is 1. The number of fused-ring (bicyclic) bond motifs is 1. The number of aryl methyl sites for hydroxylation is 2. The molecule has 1 heterocycles. The van der Waals surface area contributed by atoms with Crippen molar-refractivity contribution >= 4 is 16.9 Å². The fraction of sp³-hybridized carbons (Fsp3) is 0.310. The standard InChI is InChI=1S/C29H33N3O3/c1-21-8-6-11-27(22(21)2)35-19-7-18-32-26-10-5-4-9-25(26)31-28(32)16-17-30-29(33)20-23-12-14-24(34-3)15-13-23/h4-6,8-15H,7,16-20H2,1-3H3,(H,30,33). The van der Waals surface area contributed by atoms with Gasteiger partial charge < -0.3 is 19.4 Å². The van der Waals surface area contributed by atoms with E-state index in [4.69, 9.17) is 14.5 Å². The molecule has 0 saturated carbocycles. The third-order valence-electron chi connectivity index (χ3n) is 6.27. The Morgan fingerprint density at radius 2 is 1.80 bits per heavy atom. The molecule has 0 saturated heterocycles. The Labute approximate surface area is 206 Å². The van der Waals surface area contributed by atoms with E-state index >= 15 is 0 Å². The number of para-hydroxylation sites is 2. The number of methoxy groups -OCH3 is 1. The maximum atomic E-state index is 12.4. The summed E-state index contributed by atoms with van der Waals surface area (Å²) in [6.45, 7) is 6.17. The predicted octanol–water partition coefficient (Wildman–Crippen LogP) is 5.03. The smallest absolute Gasteiger partial charge is 0.224 e. The van der Waals surface area contributed by atoms with E-state index in [0.717, 1.165) is 46.9 Å². The van der Waals surface area contributed by atoms with Crippen molar-refractivity contribution in [3.63, 3.8) is 0 Å². The molecule has 0 aliphatic rings. The topological polar surface area (TPSA) is 65.4 Å². The minimum absolute atomic E-state index is 0.000229. The number of aromatic nitrogens is 2. The molecule has 4 aromatic rings. The third kappa shape index (κ3) is 6.21. The monoisotopic (exact) mass is 471 g/mol. The van der Waals surface area contributed by atoms with Crippen molar-refractivity contribution in [1.82, 2.24) is 14.9 Å². The summed E-state index contributed by atoms with van der Waals surface area (Å²) in [6, 6.07) is 21.9. The first-order valence-corrected chi connectivity index (χ1v) is 12.1. The van der Waals surface area contributed by atoms with E-state index < -0.39 is 0 Å². The van der Waals surface area contributed by atoms with E-state index in [-0.39, 0.29) is 5.91 Å². The van der Waals surface area contributed by atoms with Gasteiger partial charge in [0.15, 0.2) is 0 Å². The number of ether oxygens (including phenoxy) is 2. The van der Waals surface area contributed by atoms with E-state index in [1.165, 1.54) is 11.1 Å². The highest BCUT2D eigenvalue weighted by molar-refractivity contribution is 5.78. The van der Waals surface area contributed by atoms with Gasteiger partial charge in [-0.3, -0.25) is 4.79 Å². The summed E-state index contributed by atoms with van der Waals surface area (Å²) in [5.74, 6) is 2.70. The summed E-state index contributed by atoms with van der Waals surface area (Å²) >= 11 is 0. The predicted molar refractivity (Wildman–Crippen MR) is 139 cm³/mol. The van der Waals surface area contributed by atoms with Gasteiger partial charge in [0.05, 0.1) is 31.2 Å². The lowest BCUT2D eigenvalue weighted by atomic mass is 10.1. The molecule has 0 spiro atoms. The maximum Gasteiger partial charge on any atom is 0.224 e. The maximum absolute atomic E-state index is 12.4. The molecule has 6 heteroatoms. The molecule has 0 radical (unpaired) electrons. The zero-order valence-corrected chi connectivity index (χ0v) is 20.7. The number of nitrogens with one attached hydrogen (secondary N) is 1. The first kappa shape index (κ1) is 24.3. The number of rotatable bonds is 11. The van der Waals surface area contributed by atoms with Crippen LogP contribution in [0.4, 0.5) is 0 Å². The fourth-order valence-corrected chi connectivity index (χ4v) is 4.16. The highest BCUT2D eigenvalue weighted by Crippen LogP contribution is 2.21. The van der Waals surface area contributed by atoms with Crippen molar-refractivity contribution in [2.75, 3.05) is 20.3 Å². The summed E-state index contributed by atoms with van der Waals surface area (Å²) in [5.41, 5.74) is 5.46. The fourth-order valence-electron chi connectivity index (χ4n) is 4.16. The second-order valence-electron chi connectivity index (χ2n) is 8.69. The first-order valence-electron chi connectivity index (χ1n) is 12.1. The number of benzene rings is 3. The van der Waals surface area contributed by atoms with Gasteiger partial charge in [-0.05, 0) is 67.3 Å². The molecule has 1 aromatic heterocycles. The van der Waals surface area contributed by atoms with E-state index in [1.807, 2.05) is 54.6 Å². The van der Waals surface area contributed by atoms with Crippen LogP contribution in [0, 0.1) is 13.8 Å². The van der Waals surface area contributed by atoms with E-state index in [9.17, 15) is 4.79 Å². The number of imidazole rings is 1. The number of carbonyl (C=O) groups is 1. The third-order valence-corrected chi connectivity index (χ3v) is 6.27. The lowest BCUT2D eigenvalue weighted by molar-refractivity contribution is -0.120. The molecule has 6 nitrogen and oxygen atoms in total. The molecule has 0 unspecified atom stereocenters. The van der Waals surface area contributed by atoms with Gasteiger partial charge >= 0.3 is 0 Å². The lowest BCUT2D eigenvalue weighted by Gasteiger charge is -2.13. The average Bonchev–Trinajstić information content (AvgIpc) is 3.22. The van der Waals surface area contributed by atoms with Crippen molar-refractivity contribution in [2.45, 2.75) is 39.7 Å². The van der Waals surface area contributed by atoms with Crippen LogP contribution in [0.5, 0.6) is 11.5 Å². The zero-order chi connectivity index (χ0) is 24.6. The van der Waals surface area contributed by atoms with Gasteiger partial charge in [0, 0.05) is 19.5 Å². The van der Waals surface area contributed by atoms with Crippen LogP contribution in [0.25, 0.3) is 11.0 Å². The van der Waals surface area contributed by atoms with E-state index in [0.29, 0.717) is 26.0 Å². The Balaban J connectivity index is 1.33. The number of amides is 1. The van der Waals surface area contributed by atoms with Crippen molar-refractivity contribution in [3.05, 3.63) is 89.2 Å². The summed E-state index contributed by atoms with van der Waals surface area (Å²) in [6.07, 6.45) is 1.88. The van der Waals surface area contributed by atoms with Crippen LogP contribution in [0.1, 0.15) is 28.9 Å². The van der Waals surface area contributed by atoms with Gasteiger partial charge in [0.2, 0.25) is 5.91 Å². The Kier molecular flexibility index (Phi) is 8.03. The van der Waals surface area contributed by atoms with Crippen molar-refractivity contribution < 1.29 is 14.3 Å². The molecule has 0 fully saturated rings. The van der Waals surface area contributed by atoms with Crippen LogP contribution in [0.3, 0.4) is 0 Å². The molecule has 0 bridgehead atoms. The van der Waals surface area contributed by atoms with Gasteiger partial charge in [-0.15, -0.1) is 0 Å². The molecule has 1 N–H and O–H groups in total. The molecule has 182 valence electrons. The SMILES string of the molecule is COc1ccc(CC(=O)NCCc2nc3ccccc3n2CCCOc2cccc(C)c2C)cc1. The Hall–Kier alpha value is -3.80. The highest BCUT2D eigenvalue weighted by atomic mass is 16.5. The molecule has 0 atom stereocenters. The summed E-state index contributed by atoms with van der Waals surface area (Å²) < 4.78 is 13.5. The largest absolute Gasteiger partial charge is 0.497 e. The van der Waals surface area contributed by atoms with Gasteiger partial charge in [0.1, 0.15) is 17.3 Å². The Morgan fingerprint density at radius 3 is 2.60 bits per heavy atom. The molecule has 0 aliphatic heterocycles. The van der Waals surface area contributed by atoms with Crippen LogP contribution in [0.2, 0.25) is 0 Å². The van der Waals surface area contributed by atoms with Crippen LogP contribution in [-0.4, -0.2) is 35.7 Å². The molecular weight excluding hydrogens is 438 g/mol. The van der Waals surface area contributed by atoms with Gasteiger partial charge in [0.25, 0.3) is 0 Å². The summed E-state index contributed by atoms with van der Waals surface area (Å²) in [5, 5.41) is 3.03. The van der Waals surface area contributed by atoms with Gasteiger partial charge in [-0.25, -0.2) is 4.98 Å². The van der Waals surface area contributed by atoms with Gasteiger partial charge in [-0.1, -0.05) is 36.4 Å². The van der Waals surface area contributed by atoms with E-state index in [1.54, 1.807) is 7.11 Å². The quantitative estimate of drug-likeness (QED) is 0.312. The zero-order valence-electron chi connectivity index (χ0n) is 20.7. The molecule has 1 amide bonds. The average molecular weight is 472 g/mol. The second-order valence-corrected chi connectivity index (χ2v) is 8.69.